The zero-order valence-electron chi connectivity index (χ0n) is 22.0. The first-order valence-corrected chi connectivity index (χ1v) is 14.7. The highest BCUT2D eigenvalue weighted by atomic mass is 31.2. The molecule has 0 saturated heterocycles. The molecule has 1 N–H and O–H groups in total. The van der Waals surface area contributed by atoms with Crippen molar-refractivity contribution in [1.82, 2.24) is 5.32 Å². The Balaban J connectivity index is 1.99. The number of carbonyl (C=O) groups is 1. The van der Waals surface area contributed by atoms with Crippen molar-refractivity contribution in [1.29, 1.82) is 0 Å². The molecule has 0 heterocycles. The van der Waals surface area contributed by atoms with Crippen LogP contribution in [-0.2, 0) is 23.8 Å². The molecule has 0 fully saturated rings. The van der Waals surface area contributed by atoms with Crippen LogP contribution in [0.25, 0.3) is 11.1 Å². The van der Waals surface area contributed by atoms with E-state index in [1.54, 1.807) is 0 Å². The van der Waals surface area contributed by atoms with Gasteiger partial charge in [-0.2, -0.15) is 13.2 Å². The highest BCUT2D eigenvalue weighted by Gasteiger charge is 2.49. The van der Waals surface area contributed by atoms with Crippen molar-refractivity contribution in [2.45, 2.75) is 57.5 Å². The Hall–Kier alpha value is -2.55. The number of hydrogen-bond acceptors (Lipinski definition) is 4. The molecule has 0 bridgehead atoms. The van der Waals surface area contributed by atoms with Crippen LogP contribution < -0.4 is 5.32 Å². The van der Waals surface area contributed by atoms with Crippen molar-refractivity contribution in [3.05, 3.63) is 71.3 Å². The maximum atomic E-state index is 14.4. The molecule has 0 saturated carbocycles. The number of carbonyl (C=O) groups excluding carboxylic acids is 1. The maximum Gasteiger partial charge on any atom is 0.405 e. The van der Waals surface area contributed by atoms with Gasteiger partial charge in [0.05, 0.1) is 19.4 Å². The van der Waals surface area contributed by atoms with Crippen LogP contribution in [0.2, 0.25) is 0 Å². The Bertz CT molecular complexity index is 1170. The van der Waals surface area contributed by atoms with E-state index < -0.39 is 43.3 Å². The standard InChI is InChI=1S/C28H33F5NO4P/c1-3-5-14-37-39(36,38-15-6-4-2)16-8-7-13-27(26(35)34-19-28(31,32)33)24-17-20(29)9-11-22(24)23-12-10-21(30)18-25(23)27/h7-12,17-18H,3-6,13-16,19H2,1-2H3,(H,34,35)/b8-7+. The molecule has 0 atom stereocenters. The lowest BCUT2D eigenvalue weighted by Crippen LogP contribution is -2.47. The molecule has 0 aromatic heterocycles. The minimum Gasteiger partial charge on any atom is -0.346 e. The third kappa shape index (κ3) is 7.56. The summed E-state index contributed by atoms with van der Waals surface area (Å²) in [6.45, 7) is 2.77. The quantitative estimate of drug-likeness (QED) is 0.109. The zero-order chi connectivity index (χ0) is 28.7. The van der Waals surface area contributed by atoms with Gasteiger partial charge in [0, 0.05) is 0 Å². The summed E-state index contributed by atoms with van der Waals surface area (Å²) in [5, 5.41) is 1.91. The fraction of sp³-hybridized carbons (Fsp3) is 0.464. The molecule has 0 spiro atoms. The van der Waals surface area contributed by atoms with Crippen LogP contribution in [0.5, 0.6) is 0 Å². The van der Waals surface area contributed by atoms with Gasteiger partial charge in [0.1, 0.15) is 23.6 Å². The summed E-state index contributed by atoms with van der Waals surface area (Å²) >= 11 is 0. The van der Waals surface area contributed by atoms with Gasteiger partial charge in [0.25, 0.3) is 0 Å². The number of fused-ring (bicyclic) bond motifs is 3. The highest BCUT2D eigenvalue weighted by molar-refractivity contribution is 7.54. The first-order valence-electron chi connectivity index (χ1n) is 12.9. The molecule has 0 radical (unpaired) electrons. The van der Waals surface area contributed by atoms with Crippen LogP contribution in [0.1, 0.15) is 57.1 Å². The van der Waals surface area contributed by atoms with Gasteiger partial charge in [-0.3, -0.25) is 9.36 Å². The first-order chi connectivity index (χ1) is 18.5. The lowest BCUT2D eigenvalue weighted by atomic mass is 9.74. The smallest absolute Gasteiger partial charge is 0.346 e. The van der Waals surface area contributed by atoms with Crippen molar-refractivity contribution in [3.8, 4) is 11.1 Å². The summed E-state index contributed by atoms with van der Waals surface area (Å²) in [5.41, 5.74) is -0.785. The molecule has 2 aromatic rings. The monoisotopic (exact) mass is 573 g/mol. The SMILES string of the molecule is CCCCOP(=O)(C/C=C/CC1(C(=O)NCC(F)(F)F)c2cc(F)ccc2-c2ccc(F)cc21)OCCCC. The number of amides is 1. The van der Waals surface area contributed by atoms with E-state index in [0.717, 1.165) is 25.0 Å². The number of halogens is 5. The molecule has 2 aromatic carbocycles. The number of allylic oxidation sites excluding steroid dienone is 2. The average Bonchev–Trinajstić information content (AvgIpc) is 3.14. The van der Waals surface area contributed by atoms with E-state index in [2.05, 4.69) is 0 Å². The number of unbranched alkanes of at least 4 members (excludes halogenated alkanes) is 2. The molecular weight excluding hydrogens is 540 g/mol. The number of benzene rings is 2. The molecule has 11 heteroatoms. The summed E-state index contributed by atoms with van der Waals surface area (Å²) < 4.78 is 92.3. The van der Waals surface area contributed by atoms with Crippen LogP contribution in [0.3, 0.4) is 0 Å². The van der Waals surface area contributed by atoms with E-state index >= 15 is 0 Å². The molecule has 0 aliphatic heterocycles. The van der Waals surface area contributed by atoms with E-state index in [0.29, 0.717) is 24.0 Å². The fourth-order valence-corrected chi connectivity index (χ4v) is 6.05. The van der Waals surface area contributed by atoms with Crippen molar-refractivity contribution in [2.75, 3.05) is 25.9 Å². The third-order valence-electron chi connectivity index (χ3n) is 6.50. The van der Waals surface area contributed by atoms with Gasteiger partial charge in [-0.25, -0.2) is 8.78 Å². The molecule has 1 aliphatic carbocycles. The number of hydrogen-bond donors (Lipinski definition) is 1. The predicted octanol–water partition coefficient (Wildman–Crippen LogP) is 7.68. The number of rotatable bonds is 14. The number of nitrogens with one attached hydrogen (secondary N) is 1. The molecular formula is C28H33F5NO4P. The largest absolute Gasteiger partial charge is 0.405 e. The average molecular weight is 574 g/mol. The molecule has 1 amide bonds. The van der Waals surface area contributed by atoms with Gasteiger partial charge in [-0.1, -0.05) is 51.0 Å². The van der Waals surface area contributed by atoms with E-state index in [1.165, 1.54) is 36.4 Å². The topological polar surface area (TPSA) is 64.6 Å². The summed E-state index contributed by atoms with van der Waals surface area (Å²) in [6, 6.07) is 7.34. The van der Waals surface area contributed by atoms with Crippen LogP contribution >= 0.6 is 7.60 Å². The second kappa shape index (κ2) is 13.2. The number of alkyl halides is 3. The van der Waals surface area contributed by atoms with Gasteiger partial charge in [-0.15, -0.1) is 0 Å². The Labute approximate surface area is 225 Å². The van der Waals surface area contributed by atoms with Gasteiger partial charge >= 0.3 is 13.8 Å². The first kappa shape index (κ1) is 31.0. The molecule has 0 unspecified atom stereocenters. The van der Waals surface area contributed by atoms with E-state index in [9.17, 15) is 31.3 Å². The summed E-state index contributed by atoms with van der Waals surface area (Å²) in [5.74, 6) is -2.45. The molecule has 214 valence electrons. The summed E-state index contributed by atoms with van der Waals surface area (Å²) in [4.78, 5) is 13.5. The van der Waals surface area contributed by atoms with E-state index in [4.69, 9.17) is 9.05 Å². The minimum absolute atomic E-state index is 0.119. The fourth-order valence-electron chi connectivity index (χ4n) is 4.54. The Morgan fingerprint density at radius 3 is 1.90 bits per heavy atom. The minimum atomic E-state index is -4.70. The molecule has 1 aliphatic rings. The van der Waals surface area contributed by atoms with E-state index in [1.807, 2.05) is 19.2 Å². The van der Waals surface area contributed by atoms with Gasteiger partial charge in [0.15, 0.2) is 0 Å². The zero-order valence-corrected chi connectivity index (χ0v) is 22.8. The van der Waals surface area contributed by atoms with Crippen molar-refractivity contribution < 1.29 is 40.4 Å². The van der Waals surface area contributed by atoms with Crippen LogP contribution in [0.15, 0.2) is 48.6 Å². The van der Waals surface area contributed by atoms with Gasteiger partial charge < -0.3 is 14.4 Å². The van der Waals surface area contributed by atoms with Crippen LogP contribution in [-0.4, -0.2) is 38.0 Å². The second-order valence-electron chi connectivity index (χ2n) is 9.43. The third-order valence-corrected chi connectivity index (χ3v) is 8.31. The lowest BCUT2D eigenvalue weighted by molar-refractivity contribution is -0.140. The summed E-state index contributed by atoms with van der Waals surface area (Å²) in [6.07, 6.45) is 0.891. The van der Waals surface area contributed by atoms with Gasteiger partial charge in [-0.05, 0) is 65.8 Å². The predicted molar refractivity (Wildman–Crippen MR) is 140 cm³/mol. The normalized spacial score (nSPS) is 14.4. The van der Waals surface area contributed by atoms with Crippen molar-refractivity contribution in [3.63, 3.8) is 0 Å². The Morgan fingerprint density at radius 1 is 0.923 bits per heavy atom. The Morgan fingerprint density at radius 2 is 1.44 bits per heavy atom. The maximum absolute atomic E-state index is 14.4. The van der Waals surface area contributed by atoms with Crippen LogP contribution in [0.4, 0.5) is 22.0 Å². The molecule has 5 nitrogen and oxygen atoms in total. The lowest BCUT2D eigenvalue weighted by Gasteiger charge is -2.30. The van der Waals surface area contributed by atoms with Gasteiger partial charge in [0.2, 0.25) is 5.91 Å². The van der Waals surface area contributed by atoms with Crippen LogP contribution in [0, 0.1) is 11.6 Å². The van der Waals surface area contributed by atoms with Crippen molar-refractivity contribution in [2.24, 2.45) is 0 Å². The molecule has 3 rings (SSSR count). The second-order valence-corrected chi connectivity index (χ2v) is 11.5. The molecule has 39 heavy (non-hydrogen) atoms. The Kier molecular flexibility index (Phi) is 10.5. The van der Waals surface area contributed by atoms with E-state index in [-0.39, 0.29) is 36.9 Å². The summed E-state index contributed by atoms with van der Waals surface area (Å²) in [7, 11) is -3.52. The highest BCUT2D eigenvalue weighted by Crippen LogP contribution is 2.52. The van der Waals surface area contributed by atoms with Crippen molar-refractivity contribution >= 4 is 13.5 Å².